The second-order valence-corrected chi connectivity index (χ2v) is 7.23. The quantitative estimate of drug-likeness (QED) is 0.700. The molecule has 0 unspecified atom stereocenters. The molecule has 0 saturated heterocycles. The molecule has 0 atom stereocenters. The standard InChI is InChI=1S/C18H23ClN4OS/c1-2-3-11-22-17(13-4-6-14(19)7-5-13)21-23(18(22)25)12-10-16(24)20-15-8-9-15/h4-7,15H,2-3,8-12H2,1H3,(H,20,24). The lowest BCUT2D eigenvalue weighted by molar-refractivity contribution is -0.121. The van der Waals surface area contributed by atoms with Gasteiger partial charge in [0.25, 0.3) is 0 Å². The van der Waals surface area contributed by atoms with Gasteiger partial charge < -0.3 is 5.32 Å². The lowest BCUT2D eigenvalue weighted by atomic mass is 10.2. The average Bonchev–Trinajstić information content (AvgIpc) is 3.35. The zero-order valence-corrected chi connectivity index (χ0v) is 15.9. The molecule has 1 aromatic heterocycles. The van der Waals surface area contributed by atoms with Crippen molar-refractivity contribution in [2.45, 2.75) is 58.2 Å². The van der Waals surface area contributed by atoms with Gasteiger partial charge >= 0.3 is 0 Å². The van der Waals surface area contributed by atoms with E-state index in [4.69, 9.17) is 23.8 Å². The summed E-state index contributed by atoms with van der Waals surface area (Å²) in [4.78, 5) is 11.9. The zero-order valence-electron chi connectivity index (χ0n) is 14.4. The maximum absolute atomic E-state index is 11.9. The summed E-state index contributed by atoms with van der Waals surface area (Å²) in [6.07, 6.45) is 4.70. The van der Waals surface area contributed by atoms with E-state index in [2.05, 4.69) is 21.9 Å². The van der Waals surface area contributed by atoms with Gasteiger partial charge in [-0.05, 0) is 55.7 Å². The molecule has 0 radical (unpaired) electrons. The molecule has 134 valence electrons. The van der Waals surface area contributed by atoms with Crippen molar-refractivity contribution < 1.29 is 4.79 Å². The maximum atomic E-state index is 11.9. The number of halogens is 1. The summed E-state index contributed by atoms with van der Waals surface area (Å²) in [6.45, 7) is 3.47. The van der Waals surface area contributed by atoms with Crippen molar-refractivity contribution in [3.05, 3.63) is 34.1 Å². The molecule has 0 spiro atoms. The van der Waals surface area contributed by atoms with E-state index >= 15 is 0 Å². The molecule has 7 heteroatoms. The Hall–Kier alpha value is -1.66. The van der Waals surface area contributed by atoms with Crippen molar-refractivity contribution in [3.63, 3.8) is 0 Å². The van der Waals surface area contributed by atoms with Gasteiger partial charge in [0.05, 0.1) is 6.54 Å². The molecule has 5 nitrogen and oxygen atoms in total. The molecule has 1 N–H and O–H groups in total. The Morgan fingerprint density at radius 1 is 1.32 bits per heavy atom. The second kappa shape index (κ2) is 8.15. The first-order chi connectivity index (χ1) is 12.1. The number of nitrogens with zero attached hydrogens (tertiary/aromatic N) is 3. The van der Waals surface area contributed by atoms with Crippen LogP contribution in [0.1, 0.15) is 39.0 Å². The third-order valence-electron chi connectivity index (χ3n) is 4.25. The van der Waals surface area contributed by atoms with Crippen molar-refractivity contribution in [3.8, 4) is 11.4 Å². The van der Waals surface area contributed by atoms with Crippen LogP contribution < -0.4 is 5.32 Å². The van der Waals surface area contributed by atoms with Gasteiger partial charge in [0.2, 0.25) is 5.91 Å². The number of aryl methyl sites for hydroxylation is 1. The van der Waals surface area contributed by atoms with Crippen LogP contribution in [0.3, 0.4) is 0 Å². The Balaban J connectivity index is 1.81. The van der Waals surface area contributed by atoms with Gasteiger partial charge in [-0.1, -0.05) is 24.9 Å². The SMILES string of the molecule is CCCCn1c(-c2ccc(Cl)cc2)nn(CCC(=O)NC2CC2)c1=S. The van der Waals surface area contributed by atoms with Crippen LogP contribution in [0.15, 0.2) is 24.3 Å². The summed E-state index contributed by atoms with van der Waals surface area (Å²) in [5, 5.41) is 8.38. The van der Waals surface area contributed by atoms with Crippen molar-refractivity contribution in [1.29, 1.82) is 0 Å². The Morgan fingerprint density at radius 3 is 2.68 bits per heavy atom. The molecule has 1 heterocycles. The molecule has 25 heavy (non-hydrogen) atoms. The summed E-state index contributed by atoms with van der Waals surface area (Å²) in [5.41, 5.74) is 0.979. The fourth-order valence-electron chi connectivity index (χ4n) is 2.65. The molecule has 0 bridgehead atoms. The number of carbonyl (C=O) groups is 1. The predicted octanol–water partition coefficient (Wildman–Crippen LogP) is 4.20. The molecule has 1 aliphatic carbocycles. The molecule has 3 rings (SSSR count). The van der Waals surface area contributed by atoms with Crippen LogP contribution in [-0.2, 0) is 17.9 Å². The number of unbranched alkanes of at least 4 members (excludes halogenated alkanes) is 1. The molecule has 1 aromatic carbocycles. The average molecular weight is 379 g/mol. The Morgan fingerprint density at radius 2 is 2.04 bits per heavy atom. The fraction of sp³-hybridized carbons (Fsp3) is 0.500. The summed E-state index contributed by atoms with van der Waals surface area (Å²) in [7, 11) is 0. The van der Waals surface area contributed by atoms with Gasteiger partial charge in [0, 0.05) is 29.6 Å². The van der Waals surface area contributed by atoms with Gasteiger partial charge in [0.1, 0.15) is 0 Å². The lowest BCUT2D eigenvalue weighted by Gasteiger charge is -2.05. The Kier molecular flexibility index (Phi) is 5.91. The molecular formula is C18H23ClN4OS. The van der Waals surface area contributed by atoms with E-state index in [-0.39, 0.29) is 5.91 Å². The van der Waals surface area contributed by atoms with E-state index in [1.54, 1.807) is 4.68 Å². The number of hydrogen-bond donors (Lipinski definition) is 1. The van der Waals surface area contributed by atoms with Crippen LogP contribution in [-0.4, -0.2) is 26.3 Å². The minimum Gasteiger partial charge on any atom is -0.353 e. The smallest absolute Gasteiger partial charge is 0.222 e. The topological polar surface area (TPSA) is 51.9 Å². The third kappa shape index (κ3) is 4.70. The highest BCUT2D eigenvalue weighted by atomic mass is 35.5. The summed E-state index contributed by atoms with van der Waals surface area (Å²) >= 11 is 11.6. The van der Waals surface area contributed by atoms with Crippen LogP contribution in [0.25, 0.3) is 11.4 Å². The molecular weight excluding hydrogens is 356 g/mol. The van der Waals surface area contributed by atoms with E-state index in [0.29, 0.717) is 28.8 Å². The van der Waals surface area contributed by atoms with Gasteiger partial charge in [-0.2, -0.15) is 5.10 Å². The lowest BCUT2D eigenvalue weighted by Crippen LogP contribution is -2.26. The largest absolute Gasteiger partial charge is 0.353 e. The molecule has 1 aliphatic rings. The predicted molar refractivity (Wildman–Crippen MR) is 102 cm³/mol. The zero-order chi connectivity index (χ0) is 17.8. The monoisotopic (exact) mass is 378 g/mol. The van der Waals surface area contributed by atoms with Crippen LogP contribution in [0.5, 0.6) is 0 Å². The van der Waals surface area contributed by atoms with E-state index < -0.39 is 0 Å². The summed E-state index contributed by atoms with van der Waals surface area (Å²) in [5.74, 6) is 0.901. The third-order valence-corrected chi connectivity index (χ3v) is 4.94. The maximum Gasteiger partial charge on any atom is 0.222 e. The summed E-state index contributed by atoms with van der Waals surface area (Å²) < 4.78 is 4.49. The van der Waals surface area contributed by atoms with Crippen molar-refractivity contribution in [2.24, 2.45) is 0 Å². The fourth-order valence-corrected chi connectivity index (χ4v) is 3.09. The molecule has 1 saturated carbocycles. The highest BCUT2D eigenvalue weighted by Gasteiger charge is 2.23. The first-order valence-electron chi connectivity index (χ1n) is 8.81. The first kappa shape index (κ1) is 18.1. The second-order valence-electron chi connectivity index (χ2n) is 6.43. The molecule has 1 fully saturated rings. The minimum absolute atomic E-state index is 0.0700. The van der Waals surface area contributed by atoms with Crippen LogP contribution >= 0.6 is 23.8 Å². The van der Waals surface area contributed by atoms with Crippen LogP contribution in [0.4, 0.5) is 0 Å². The van der Waals surface area contributed by atoms with E-state index in [9.17, 15) is 4.79 Å². The number of rotatable bonds is 8. The first-order valence-corrected chi connectivity index (χ1v) is 9.60. The van der Waals surface area contributed by atoms with Crippen LogP contribution in [0.2, 0.25) is 5.02 Å². The molecule has 1 amide bonds. The van der Waals surface area contributed by atoms with Crippen molar-refractivity contribution in [1.82, 2.24) is 19.7 Å². The number of amides is 1. The number of carbonyl (C=O) groups excluding carboxylic acids is 1. The number of hydrogen-bond acceptors (Lipinski definition) is 3. The highest BCUT2D eigenvalue weighted by molar-refractivity contribution is 7.71. The number of nitrogens with one attached hydrogen (secondary N) is 1. The highest BCUT2D eigenvalue weighted by Crippen LogP contribution is 2.22. The Bertz CT molecular complexity index is 792. The van der Waals surface area contributed by atoms with Gasteiger partial charge in [-0.3, -0.25) is 9.36 Å². The van der Waals surface area contributed by atoms with Gasteiger partial charge in [0.15, 0.2) is 10.6 Å². The number of aromatic nitrogens is 3. The van der Waals surface area contributed by atoms with Crippen LogP contribution in [0, 0.1) is 4.77 Å². The minimum atomic E-state index is 0.0700. The van der Waals surface area contributed by atoms with E-state index in [1.165, 1.54) is 0 Å². The Labute approximate surface area is 158 Å². The normalized spacial score (nSPS) is 13.8. The molecule has 0 aliphatic heterocycles. The van der Waals surface area contributed by atoms with Crippen molar-refractivity contribution >= 4 is 29.7 Å². The number of benzene rings is 1. The van der Waals surface area contributed by atoms with Gasteiger partial charge in [-0.15, -0.1) is 0 Å². The molecule has 2 aromatic rings. The van der Waals surface area contributed by atoms with E-state index in [0.717, 1.165) is 43.6 Å². The van der Waals surface area contributed by atoms with Gasteiger partial charge in [-0.25, -0.2) is 4.68 Å². The van der Waals surface area contributed by atoms with E-state index in [1.807, 2.05) is 24.3 Å². The summed E-state index contributed by atoms with van der Waals surface area (Å²) in [6, 6.07) is 7.99. The van der Waals surface area contributed by atoms with Crippen molar-refractivity contribution in [2.75, 3.05) is 0 Å².